The summed E-state index contributed by atoms with van der Waals surface area (Å²) >= 11 is 0. The number of carbonyl (C=O) groups is 2. The molecule has 1 fully saturated rings. The monoisotopic (exact) mass is 414 g/mol. The summed E-state index contributed by atoms with van der Waals surface area (Å²) < 4.78 is 34.2. The van der Waals surface area contributed by atoms with Crippen molar-refractivity contribution >= 4 is 27.5 Å². The lowest BCUT2D eigenvalue weighted by atomic mass is 9.88. The molecule has 1 heterocycles. The van der Waals surface area contributed by atoms with Crippen molar-refractivity contribution in [2.75, 3.05) is 12.0 Å². The number of hydrogen-bond acceptors (Lipinski definition) is 5. The molecular weight excluding hydrogens is 392 g/mol. The summed E-state index contributed by atoms with van der Waals surface area (Å²) in [6.45, 7) is 0. The summed E-state index contributed by atoms with van der Waals surface area (Å²) in [5, 5.41) is 0. The fourth-order valence-corrected chi connectivity index (χ4v) is 5.26. The lowest BCUT2D eigenvalue weighted by Gasteiger charge is -2.26. The number of anilines is 1. The number of benzene rings is 2. The molecule has 4 rings (SSSR count). The Hall–Kier alpha value is -2.71. The summed E-state index contributed by atoms with van der Waals surface area (Å²) in [6.07, 6.45) is 2.75. The fourth-order valence-electron chi connectivity index (χ4n) is 3.99. The smallest absolute Gasteiger partial charge is 0.241 e. The summed E-state index contributed by atoms with van der Waals surface area (Å²) in [5.41, 5.74) is 2.29. The van der Waals surface area contributed by atoms with E-state index in [4.69, 9.17) is 4.74 Å². The minimum atomic E-state index is -3.87. The van der Waals surface area contributed by atoms with Gasteiger partial charge in [0.15, 0.2) is 0 Å². The molecule has 152 valence electrons. The van der Waals surface area contributed by atoms with E-state index >= 15 is 0 Å². The summed E-state index contributed by atoms with van der Waals surface area (Å²) in [4.78, 5) is 25.3. The second-order valence-electron chi connectivity index (χ2n) is 7.22. The average molecular weight is 414 g/mol. The number of aryl methyl sites for hydroxylation is 1. The second-order valence-corrected chi connectivity index (χ2v) is 8.94. The van der Waals surface area contributed by atoms with Gasteiger partial charge in [-0.25, -0.2) is 18.0 Å². The van der Waals surface area contributed by atoms with Crippen LogP contribution >= 0.6 is 0 Å². The summed E-state index contributed by atoms with van der Waals surface area (Å²) in [6, 6.07) is 11.7. The van der Waals surface area contributed by atoms with E-state index in [1.165, 1.54) is 25.3 Å². The average Bonchev–Trinajstić information content (AvgIpc) is 3.05. The second kappa shape index (κ2) is 7.61. The van der Waals surface area contributed by atoms with Crippen LogP contribution in [0.1, 0.15) is 42.9 Å². The van der Waals surface area contributed by atoms with E-state index in [9.17, 15) is 18.0 Å². The number of hydrogen-bond donors (Lipinski definition) is 1. The minimum absolute atomic E-state index is 0.0103. The lowest BCUT2D eigenvalue weighted by molar-refractivity contribution is -0.121. The largest absolute Gasteiger partial charge is 0.495 e. The topological polar surface area (TPSA) is 92.8 Å². The number of carbonyl (C=O) groups excluding carboxylic acids is 2. The van der Waals surface area contributed by atoms with Gasteiger partial charge in [-0.3, -0.25) is 9.59 Å². The molecule has 8 heteroatoms. The molecule has 2 aliphatic rings. The van der Waals surface area contributed by atoms with Gasteiger partial charge in [-0.2, -0.15) is 0 Å². The van der Waals surface area contributed by atoms with Gasteiger partial charge >= 0.3 is 0 Å². The van der Waals surface area contributed by atoms with E-state index in [0.29, 0.717) is 6.42 Å². The Labute approximate surface area is 169 Å². The number of methoxy groups -OCH3 is 1. The first-order valence-electron chi connectivity index (χ1n) is 9.54. The van der Waals surface area contributed by atoms with Crippen molar-refractivity contribution in [3.05, 3.63) is 53.6 Å². The van der Waals surface area contributed by atoms with Crippen LogP contribution < -0.4 is 14.4 Å². The molecule has 0 aromatic heterocycles. The number of nitrogens with zero attached hydrogens (tertiary/aromatic N) is 1. The molecule has 1 aliphatic carbocycles. The maximum Gasteiger partial charge on any atom is 0.241 e. The number of rotatable bonds is 5. The molecule has 29 heavy (non-hydrogen) atoms. The zero-order chi connectivity index (χ0) is 20.6. The molecule has 1 atom stereocenters. The highest BCUT2D eigenvalue weighted by Gasteiger charge is 2.34. The highest BCUT2D eigenvalue weighted by molar-refractivity contribution is 7.89. The fraction of sp³-hybridized carbons (Fsp3) is 0.333. The molecule has 0 saturated carbocycles. The Balaban J connectivity index is 1.69. The van der Waals surface area contributed by atoms with Crippen LogP contribution in [0.5, 0.6) is 5.75 Å². The highest BCUT2D eigenvalue weighted by atomic mass is 32.2. The molecule has 2 aromatic carbocycles. The van der Waals surface area contributed by atoms with Gasteiger partial charge in [-0.1, -0.05) is 24.3 Å². The van der Waals surface area contributed by atoms with E-state index < -0.39 is 10.0 Å². The lowest BCUT2D eigenvalue weighted by Crippen LogP contribution is -2.32. The van der Waals surface area contributed by atoms with Crippen LogP contribution in [0.4, 0.5) is 5.69 Å². The van der Waals surface area contributed by atoms with Crippen LogP contribution in [-0.4, -0.2) is 27.3 Å². The van der Waals surface area contributed by atoms with E-state index in [-0.39, 0.29) is 47.0 Å². The van der Waals surface area contributed by atoms with Crippen LogP contribution in [0.2, 0.25) is 0 Å². The van der Waals surface area contributed by atoms with Gasteiger partial charge in [0.1, 0.15) is 5.75 Å². The molecule has 2 aromatic rings. The first-order chi connectivity index (χ1) is 13.9. The van der Waals surface area contributed by atoms with Crippen molar-refractivity contribution in [3.63, 3.8) is 0 Å². The molecule has 1 N–H and O–H groups in total. The molecule has 1 aliphatic heterocycles. The normalized spacial score (nSPS) is 19.3. The number of nitrogens with one attached hydrogen (secondary N) is 1. The van der Waals surface area contributed by atoms with E-state index in [0.717, 1.165) is 28.9 Å². The first-order valence-corrected chi connectivity index (χ1v) is 11.0. The standard InChI is InChI=1S/C21H22N2O5S/c1-28-19-10-9-15(13-18(19)23-20(24)11-12-21(23)25)29(26,27)22-17-8-4-6-14-5-2-3-7-16(14)17/h2-3,5,7,9-10,13,17,22H,4,6,8,11-12H2,1H3. The molecule has 0 bridgehead atoms. The summed E-state index contributed by atoms with van der Waals surface area (Å²) in [7, 11) is -2.46. The van der Waals surface area contributed by atoms with Crippen LogP contribution in [0, 0.1) is 0 Å². The maximum absolute atomic E-state index is 13.1. The van der Waals surface area contributed by atoms with Crippen molar-refractivity contribution in [2.45, 2.75) is 43.0 Å². The van der Waals surface area contributed by atoms with Crippen LogP contribution in [0.3, 0.4) is 0 Å². The number of fused-ring (bicyclic) bond motifs is 1. The van der Waals surface area contributed by atoms with Crippen molar-refractivity contribution in [3.8, 4) is 5.75 Å². The van der Waals surface area contributed by atoms with Crippen molar-refractivity contribution in [1.82, 2.24) is 4.72 Å². The van der Waals surface area contributed by atoms with E-state index in [1.54, 1.807) is 0 Å². The zero-order valence-corrected chi connectivity index (χ0v) is 16.9. The first kappa shape index (κ1) is 19.6. The molecular formula is C21H22N2O5S. The third kappa shape index (κ3) is 3.65. The maximum atomic E-state index is 13.1. The number of ether oxygens (including phenoxy) is 1. The molecule has 0 spiro atoms. The zero-order valence-electron chi connectivity index (χ0n) is 16.1. The number of imide groups is 1. The van der Waals surface area contributed by atoms with Gasteiger partial charge in [0.25, 0.3) is 0 Å². The Kier molecular flexibility index (Phi) is 5.14. The Morgan fingerprint density at radius 2 is 1.76 bits per heavy atom. The van der Waals surface area contributed by atoms with Gasteiger partial charge in [-0.05, 0) is 48.6 Å². The molecule has 7 nitrogen and oxygen atoms in total. The van der Waals surface area contributed by atoms with Crippen molar-refractivity contribution in [1.29, 1.82) is 0 Å². The number of amides is 2. The van der Waals surface area contributed by atoms with E-state index in [2.05, 4.69) is 4.72 Å². The Bertz CT molecular complexity index is 1060. The van der Waals surface area contributed by atoms with Gasteiger partial charge < -0.3 is 4.74 Å². The Morgan fingerprint density at radius 1 is 1.03 bits per heavy atom. The van der Waals surface area contributed by atoms with Gasteiger partial charge in [0, 0.05) is 18.9 Å². The van der Waals surface area contributed by atoms with Crippen LogP contribution in [0.25, 0.3) is 0 Å². The SMILES string of the molecule is COc1ccc(S(=O)(=O)NC2CCCc3ccccc32)cc1N1C(=O)CCC1=O. The molecule has 0 radical (unpaired) electrons. The van der Waals surface area contributed by atoms with Gasteiger partial charge in [0.05, 0.1) is 17.7 Å². The predicted molar refractivity (Wildman–Crippen MR) is 107 cm³/mol. The van der Waals surface area contributed by atoms with Crippen LogP contribution in [0.15, 0.2) is 47.4 Å². The minimum Gasteiger partial charge on any atom is -0.495 e. The quantitative estimate of drug-likeness (QED) is 0.760. The number of sulfonamides is 1. The highest BCUT2D eigenvalue weighted by Crippen LogP contribution is 2.35. The molecule has 1 unspecified atom stereocenters. The van der Waals surface area contributed by atoms with Gasteiger partial charge in [0.2, 0.25) is 21.8 Å². The van der Waals surface area contributed by atoms with Crippen molar-refractivity contribution < 1.29 is 22.7 Å². The molecule has 2 amide bonds. The predicted octanol–water partition coefficient (Wildman–Crippen LogP) is 2.70. The van der Waals surface area contributed by atoms with E-state index in [1.807, 2.05) is 24.3 Å². The third-order valence-electron chi connectivity index (χ3n) is 5.42. The van der Waals surface area contributed by atoms with Gasteiger partial charge in [-0.15, -0.1) is 0 Å². The third-order valence-corrected chi connectivity index (χ3v) is 6.89. The van der Waals surface area contributed by atoms with Crippen molar-refractivity contribution in [2.24, 2.45) is 0 Å². The summed E-state index contributed by atoms with van der Waals surface area (Å²) in [5.74, 6) is -0.454. The Morgan fingerprint density at radius 3 is 2.48 bits per heavy atom. The van der Waals surface area contributed by atoms with Crippen LogP contribution in [-0.2, 0) is 26.0 Å². The molecule has 1 saturated heterocycles.